The highest BCUT2D eigenvalue weighted by Crippen LogP contribution is 2.38. The van der Waals surface area contributed by atoms with Gasteiger partial charge in [-0.3, -0.25) is 0 Å². The van der Waals surface area contributed by atoms with E-state index in [9.17, 15) is 18.3 Å². The molecule has 0 saturated heterocycles. The standard InChI is InChI=1S/C22H36N2O4S/c1-16(2)15-18(5)23(21-14-10-9-13-20(21)17(3)4)29(27,28)24(22(25)26)19-11-7-6-8-12-19/h6-8,11-12,16-18,20-21H,9-10,13-15H2,1-5H3,(H,25,26). The van der Waals surface area contributed by atoms with Crippen LogP contribution in [0.15, 0.2) is 30.3 Å². The summed E-state index contributed by atoms with van der Waals surface area (Å²) in [5, 5.41) is 9.87. The van der Waals surface area contributed by atoms with Crippen molar-refractivity contribution in [1.29, 1.82) is 0 Å². The summed E-state index contributed by atoms with van der Waals surface area (Å²) in [6, 6.07) is 7.63. The molecule has 0 aliphatic heterocycles. The molecule has 0 spiro atoms. The summed E-state index contributed by atoms with van der Waals surface area (Å²) in [4.78, 5) is 12.1. The zero-order valence-corrected chi connectivity index (χ0v) is 19.1. The molecule has 0 bridgehead atoms. The molecule has 1 aromatic carbocycles. The van der Waals surface area contributed by atoms with Crippen molar-refractivity contribution in [3.63, 3.8) is 0 Å². The maximum Gasteiger partial charge on any atom is 0.426 e. The molecule has 1 aliphatic carbocycles. The fraction of sp³-hybridized carbons (Fsp3) is 0.682. The first-order chi connectivity index (χ1) is 13.6. The Bertz CT molecular complexity index is 764. The Morgan fingerprint density at radius 3 is 2.17 bits per heavy atom. The predicted molar refractivity (Wildman–Crippen MR) is 117 cm³/mol. The molecular weight excluding hydrogens is 388 g/mol. The monoisotopic (exact) mass is 424 g/mol. The molecule has 6 nitrogen and oxygen atoms in total. The maximum atomic E-state index is 13.8. The second-order valence-corrected chi connectivity index (χ2v) is 10.6. The van der Waals surface area contributed by atoms with E-state index in [-0.39, 0.29) is 23.7 Å². The van der Waals surface area contributed by atoms with E-state index in [0.29, 0.717) is 22.6 Å². The summed E-state index contributed by atoms with van der Waals surface area (Å²) < 4.78 is 29.7. The second kappa shape index (κ2) is 9.94. The summed E-state index contributed by atoms with van der Waals surface area (Å²) in [5.41, 5.74) is 0.152. The van der Waals surface area contributed by atoms with Crippen molar-refractivity contribution in [3.8, 4) is 0 Å². The number of hydrogen-bond acceptors (Lipinski definition) is 3. The van der Waals surface area contributed by atoms with E-state index in [0.717, 1.165) is 25.7 Å². The fourth-order valence-corrected chi connectivity index (χ4v) is 6.66. The Balaban J connectivity index is 2.57. The molecule has 1 N–H and O–H groups in total. The number of carbonyl (C=O) groups is 1. The summed E-state index contributed by atoms with van der Waals surface area (Å²) in [6.07, 6.45) is 3.01. The molecule has 0 radical (unpaired) electrons. The Kier molecular flexibility index (Phi) is 8.11. The third-order valence-electron chi connectivity index (χ3n) is 5.87. The fourth-order valence-electron chi connectivity index (χ4n) is 4.75. The van der Waals surface area contributed by atoms with Crippen molar-refractivity contribution in [3.05, 3.63) is 30.3 Å². The number of hydrogen-bond donors (Lipinski definition) is 1. The Hall–Kier alpha value is -1.60. The first kappa shape index (κ1) is 23.7. The first-order valence-corrected chi connectivity index (χ1v) is 12.1. The quantitative estimate of drug-likeness (QED) is 0.609. The van der Waals surface area contributed by atoms with Crippen LogP contribution < -0.4 is 4.31 Å². The van der Waals surface area contributed by atoms with Crippen LogP contribution in [-0.4, -0.2) is 36.0 Å². The second-order valence-electron chi connectivity index (χ2n) is 8.96. The molecule has 1 fully saturated rings. The molecular formula is C22H36N2O4S. The minimum absolute atomic E-state index is 0.152. The van der Waals surface area contributed by atoms with Crippen LogP contribution in [0, 0.1) is 17.8 Å². The number of anilines is 1. The number of para-hydroxylation sites is 1. The highest BCUT2D eigenvalue weighted by Gasteiger charge is 2.45. The van der Waals surface area contributed by atoms with Crippen molar-refractivity contribution in [2.75, 3.05) is 4.31 Å². The number of amides is 1. The molecule has 1 saturated carbocycles. The molecule has 164 valence electrons. The van der Waals surface area contributed by atoms with Crippen LogP contribution in [-0.2, 0) is 10.2 Å². The lowest BCUT2D eigenvalue weighted by atomic mass is 9.77. The van der Waals surface area contributed by atoms with Crippen LogP contribution in [0.1, 0.15) is 66.7 Å². The summed E-state index contributed by atoms with van der Waals surface area (Å²) in [5.74, 6) is 0.859. The third kappa shape index (κ3) is 5.51. The lowest BCUT2D eigenvalue weighted by Gasteiger charge is -2.45. The van der Waals surface area contributed by atoms with Gasteiger partial charge in [0.25, 0.3) is 0 Å². The van der Waals surface area contributed by atoms with Gasteiger partial charge in [-0.1, -0.05) is 58.7 Å². The van der Waals surface area contributed by atoms with Crippen LogP contribution in [0.25, 0.3) is 0 Å². The molecule has 7 heteroatoms. The van der Waals surface area contributed by atoms with Crippen LogP contribution in [0.3, 0.4) is 0 Å². The number of rotatable bonds is 8. The van der Waals surface area contributed by atoms with Gasteiger partial charge in [0.05, 0.1) is 5.69 Å². The van der Waals surface area contributed by atoms with Gasteiger partial charge >= 0.3 is 16.3 Å². The molecule has 2 rings (SSSR count). The molecule has 0 aromatic heterocycles. The smallest absolute Gasteiger partial charge is 0.426 e. The number of carboxylic acid groups (broad SMARTS) is 1. The van der Waals surface area contributed by atoms with Gasteiger partial charge in [0.15, 0.2) is 0 Å². The van der Waals surface area contributed by atoms with Crippen molar-refractivity contribution in [2.24, 2.45) is 17.8 Å². The van der Waals surface area contributed by atoms with E-state index < -0.39 is 16.3 Å². The minimum atomic E-state index is -4.26. The van der Waals surface area contributed by atoms with Crippen molar-refractivity contribution in [2.45, 2.75) is 78.8 Å². The third-order valence-corrected chi connectivity index (χ3v) is 7.87. The summed E-state index contributed by atoms with van der Waals surface area (Å²) >= 11 is 0. The lowest BCUT2D eigenvalue weighted by Crippen LogP contribution is -2.57. The van der Waals surface area contributed by atoms with Gasteiger partial charge in [0, 0.05) is 12.1 Å². The highest BCUT2D eigenvalue weighted by molar-refractivity contribution is 7.91. The van der Waals surface area contributed by atoms with E-state index in [1.165, 1.54) is 16.4 Å². The molecule has 1 aliphatic rings. The number of nitrogens with zero attached hydrogens (tertiary/aromatic N) is 2. The van der Waals surface area contributed by atoms with Gasteiger partial charge < -0.3 is 5.11 Å². The average molecular weight is 425 g/mol. The predicted octanol–water partition coefficient (Wildman–Crippen LogP) is 5.37. The van der Waals surface area contributed by atoms with E-state index in [1.807, 2.05) is 6.92 Å². The maximum absolute atomic E-state index is 13.8. The van der Waals surface area contributed by atoms with Gasteiger partial charge in [-0.25, -0.2) is 4.79 Å². The van der Waals surface area contributed by atoms with Crippen molar-refractivity contribution >= 4 is 22.0 Å². The van der Waals surface area contributed by atoms with Gasteiger partial charge in [0.1, 0.15) is 0 Å². The van der Waals surface area contributed by atoms with Gasteiger partial charge in [-0.15, -0.1) is 0 Å². The Morgan fingerprint density at radius 2 is 1.66 bits per heavy atom. The van der Waals surface area contributed by atoms with E-state index in [2.05, 4.69) is 27.7 Å². The van der Waals surface area contributed by atoms with Crippen LogP contribution in [0.5, 0.6) is 0 Å². The van der Waals surface area contributed by atoms with E-state index >= 15 is 0 Å². The zero-order chi connectivity index (χ0) is 21.8. The molecule has 29 heavy (non-hydrogen) atoms. The van der Waals surface area contributed by atoms with Crippen LogP contribution >= 0.6 is 0 Å². The Morgan fingerprint density at radius 1 is 1.07 bits per heavy atom. The SMILES string of the molecule is CC(C)CC(C)N(C1CCCCC1C(C)C)S(=O)(=O)N(C(=O)O)c1ccccc1. The van der Waals surface area contributed by atoms with E-state index in [1.54, 1.807) is 18.2 Å². The average Bonchev–Trinajstić information content (AvgIpc) is 2.61. The molecule has 1 aromatic rings. The molecule has 3 atom stereocenters. The summed E-state index contributed by atoms with van der Waals surface area (Å²) in [7, 11) is -4.26. The minimum Gasteiger partial charge on any atom is -0.464 e. The van der Waals surface area contributed by atoms with E-state index in [4.69, 9.17) is 0 Å². The van der Waals surface area contributed by atoms with Crippen LogP contribution in [0.4, 0.5) is 10.5 Å². The Labute approximate surface area is 176 Å². The topological polar surface area (TPSA) is 77.9 Å². The number of benzene rings is 1. The lowest BCUT2D eigenvalue weighted by molar-refractivity contribution is 0.110. The van der Waals surface area contributed by atoms with Crippen molar-refractivity contribution < 1.29 is 18.3 Å². The molecule has 0 heterocycles. The zero-order valence-electron chi connectivity index (χ0n) is 18.3. The van der Waals surface area contributed by atoms with Gasteiger partial charge in [0.2, 0.25) is 0 Å². The first-order valence-electron chi connectivity index (χ1n) is 10.7. The van der Waals surface area contributed by atoms with Crippen molar-refractivity contribution in [1.82, 2.24) is 4.31 Å². The molecule has 3 unspecified atom stereocenters. The van der Waals surface area contributed by atoms with Gasteiger partial charge in [-0.05, 0) is 56.1 Å². The van der Waals surface area contributed by atoms with Crippen LogP contribution in [0.2, 0.25) is 0 Å². The largest absolute Gasteiger partial charge is 0.464 e. The van der Waals surface area contributed by atoms with Gasteiger partial charge in [-0.2, -0.15) is 17.0 Å². The normalized spacial score (nSPS) is 21.5. The summed E-state index contributed by atoms with van der Waals surface area (Å²) in [6.45, 7) is 10.3. The highest BCUT2D eigenvalue weighted by atomic mass is 32.2. The molecule has 1 amide bonds.